The van der Waals surface area contributed by atoms with Gasteiger partial charge in [0.2, 0.25) is 0 Å². The Balaban J connectivity index is 1.84. The van der Waals surface area contributed by atoms with Crippen LogP contribution in [0, 0.1) is 0 Å². The average Bonchev–Trinajstić information content (AvgIpc) is 2.47. The molecule has 0 aliphatic heterocycles. The Labute approximate surface area is 133 Å². The zero-order valence-electron chi connectivity index (χ0n) is 13.0. The summed E-state index contributed by atoms with van der Waals surface area (Å²) < 4.78 is 1.16. The molecule has 1 aromatic rings. The Morgan fingerprint density at radius 2 is 1.40 bits per heavy atom. The summed E-state index contributed by atoms with van der Waals surface area (Å²) in [6, 6.07) is 8.63. The molecule has 0 radical (unpaired) electrons. The lowest BCUT2D eigenvalue weighted by atomic mass is 10.1. The number of nitrogens with one attached hydrogen (secondary N) is 1. The summed E-state index contributed by atoms with van der Waals surface area (Å²) in [7, 11) is 0. The van der Waals surface area contributed by atoms with Crippen LogP contribution in [0.5, 0.6) is 0 Å². The van der Waals surface area contributed by atoms with Crippen molar-refractivity contribution in [1.82, 2.24) is 5.32 Å². The third-order valence-electron chi connectivity index (χ3n) is 3.71. The molecule has 0 fully saturated rings. The van der Waals surface area contributed by atoms with Crippen molar-refractivity contribution in [3.8, 4) is 0 Å². The molecule has 0 aliphatic carbocycles. The largest absolute Gasteiger partial charge is 0.316 e. The molecule has 114 valence electrons. The van der Waals surface area contributed by atoms with Crippen LogP contribution in [0.2, 0.25) is 0 Å². The summed E-state index contributed by atoms with van der Waals surface area (Å²) in [5.74, 6) is 0. The fourth-order valence-corrected chi connectivity index (χ4v) is 2.66. The third-order valence-corrected chi connectivity index (χ3v) is 4.24. The van der Waals surface area contributed by atoms with E-state index in [1.54, 1.807) is 0 Å². The molecule has 1 rings (SSSR count). The molecule has 1 N–H and O–H groups in total. The van der Waals surface area contributed by atoms with Crippen LogP contribution in [0.3, 0.4) is 0 Å². The topological polar surface area (TPSA) is 12.0 Å². The molecule has 0 unspecified atom stereocenters. The fraction of sp³-hybridized carbons (Fsp3) is 0.667. The number of unbranched alkanes of at least 4 members (excludes halogenated alkanes) is 7. The summed E-state index contributed by atoms with van der Waals surface area (Å²) in [5.41, 5.74) is 1.41. The van der Waals surface area contributed by atoms with Crippen molar-refractivity contribution in [3.05, 3.63) is 34.3 Å². The maximum Gasteiger partial charge on any atom is 0.0175 e. The van der Waals surface area contributed by atoms with Gasteiger partial charge >= 0.3 is 0 Å². The number of benzene rings is 1. The van der Waals surface area contributed by atoms with Crippen LogP contribution in [0.15, 0.2) is 28.7 Å². The fourth-order valence-electron chi connectivity index (χ4n) is 2.39. The van der Waals surface area contributed by atoms with Crippen molar-refractivity contribution in [3.63, 3.8) is 0 Å². The van der Waals surface area contributed by atoms with E-state index in [1.807, 2.05) is 0 Å². The first-order valence-electron chi connectivity index (χ1n) is 8.28. The average molecular weight is 340 g/mol. The second-order valence-electron chi connectivity index (χ2n) is 5.60. The van der Waals surface area contributed by atoms with Crippen LogP contribution >= 0.6 is 15.9 Å². The van der Waals surface area contributed by atoms with Gasteiger partial charge in [-0.05, 0) is 43.6 Å². The first kappa shape index (κ1) is 17.7. The zero-order chi connectivity index (χ0) is 14.5. The van der Waals surface area contributed by atoms with Crippen molar-refractivity contribution in [2.45, 2.75) is 64.7 Å². The highest BCUT2D eigenvalue weighted by Crippen LogP contribution is 2.10. The van der Waals surface area contributed by atoms with Gasteiger partial charge in [-0.15, -0.1) is 0 Å². The highest BCUT2D eigenvalue weighted by molar-refractivity contribution is 9.10. The van der Waals surface area contributed by atoms with E-state index in [-0.39, 0.29) is 0 Å². The van der Waals surface area contributed by atoms with Crippen LogP contribution in [0.4, 0.5) is 0 Å². The van der Waals surface area contributed by atoms with Crippen LogP contribution in [-0.4, -0.2) is 13.1 Å². The predicted molar refractivity (Wildman–Crippen MR) is 93.3 cm³/mol. The van der Waals surface area contributed by atoms with Gasteiger partial charge in [0.1, 0.15) is 0 Å². The maximum absolute atomic E-state index is 3.55. The lowest BCUT2D eigenvalue weighted by Gasteiger charge is -2.05. The number of rotatable bonds is 12. The molecular formula is C18H30BrN. The molecule has 1 nitrogen and oxygen atoms in total. The molecule has 0 saturated heterocycles. The lowest BCUT2D eigenvalue weighted by Crippen LogP contribution is -2.18. The molecule has 0 atom stereocenters. The Hall–Kier alpha value is -0.340. The summed E-state index contributed by atoms with van der Waals surface area (Å²) in [6.45, 7) is 4.55. The van der Waals surface area contributed by atoms with E-state index < -0.39 is 0 Å². The van der Waals surface area contributed by atoms with E-state index in [2.05, 4.69) is 52.4 Å². The first-order valence-corrected chi connectivity index (χ1v) is 9.07. The number of hydrogen-bond acceptors (Lipinski definition) is 1. The van der Waals surface area contributed by atoms with Crippen molar-refractivity contribution in [2.24, 2.45) is 0 Å². The Morgan fingerprint density at radius 3 is 2.05 bits per heavy atom. The van der Waals surface area contributed by atoms with E-state index in [4.69, 9.17) is 0 Å². The van der Waals surface area contributed by atoms with E-state index in [0.717, 1.165) is 17.4 Å². The summed E-state index contributed by atoms with van der Waals surface area (Å²) in [6.07, 6.45) is 12.3. The van der Waals surface area contributed by atoms with Gasteiger partial charge in [-0.3, -0.25) is 0 Å². The van der Waals surface area contributed by atoms with Crippen molar-refractivity contribution in [2.75, 3.05) is 13.1 Å². The molecule has 0 amide bonds. The smallest absolute Gasteiger partial charge is 0.0175 e. The van der Waals surface area contributed by atoms with Gasteiger partial charge < -0.3 is 5.32 Å². The van der Waals surface area contributed by atoms with Gasteiger partial charge in [0, 0.05) is 4.47 Å². The van der Waals surface area contributed by atoms with Gasteiger partial charge in [-0.1, -0.05) is 79.9 Å². The van der Waals surface area contributed by atoms with E-state index in [1.165, 1.54) is 63.5 Å². The summed E-state index contributed by atoms with van der Waals surface area (Å²) >= 11 is 3.47. The van der Waals surface area contributed by atoms with Crippen molar-refractivity contribution in [1.29, 1.82) is 0 Å². The monoisotopic (exact) mass is 339 g/mol. The SMILES string of the molecule is CCCCCCCCCCNCCc1ccc(Br)cc1. The Morgan fingerprint density at radius 1 is 0.800 bits per heavy atom. The second-order valence-corrected chi connectivity index (χ2v) is 6.52. The van der Waals surface area contributed by atoms with Crippen LogP contribution in [0.25, 0.3) is 0 Å². The summed E-state index contributed by atoms with van der Waals surface area (Å²) in [4.78, 5) is 0. The van der Waals surface area contributed by atoms with Crippen LogP contribution in [0.1, 0.15) is 63.9 Å². The minimum Gasteiger partial charge on any atom is -0.316 e. The quantitative estimate of drug-likeness (QED) is 0.480. The van der Waals surface area contributed by atoms with Gasteiger partial charge in [0.25, 0.3) is 0 Å². The molecule has 0 aromatic heterocycles. The lowest BCUT2D eigenvalue weighted by molar-refractivity contribution is 0.556. The molecule has 2 heteroatoms. The normalized spacial score (nSPS) is 10.9. The van der Waals surface area contributed by atoms with E-state index in [0.29, 0.717) is 0 Å². The molecule has 1 aromatic carbocycles. The van der Waals surface area contributed by atoms with E-state index >= 15 is 0 Å². The number of hydrogen-bond donors (Lipinski definition) is 1. The molecule has 0 aliphatic rings. The van der Waals surface area contributed by atoms with Crippen molar-refractivity contribution < 1.29 is 0 Å². The second kappa shape index (κ2) is 12.4. The van der Waals surface area contributed by atoms with Gasteiger partial charge in [-0.25, -0.2) is 0 Å². The molecule has 0 heterocycles. The first-order chi connectivity index (χ1) is 9.83. The summed E-state index contributed by atoms with van der Waals surface area (Å²) in [5, 5.41) is 3.55. The van der Waals surface area contributed by atoms with E-state index in [9.17, 15) is 0 Å². The minimum absolute atomic E-state index is 1.10. The standard InChI is InChI=1S/C18H30BrN/c1-2-3-4-5-6-7-8-9-15-20-16-14-17-10-12-18(19)13-11-17/h10-13,20H,2-9,14-16H2,1H3. The predicted octanol–water partition coefficient (Wildman–Crippen LogP) is 5.72. The highest BCUT2D eigenvalue weighted by Gasteiger charge is 1.94. The maximum atomic E-state index is 3.55. The molecule has 0 bridgehead atoms. The number of halogens is 1. The molecular weight excluding hydrogens is 310 g/mol. The highest BCUT2D eigenvalue weighted by atomic mass is 79.9. The van der Waals surface area contributed by atoms with Crippen LogP contribution in [-0.2, 0) is 6.42 Å². The van der Waals surface area contributed by atoms with Crippen LogP contribution < -0.4 is 5.32 Å². The van der Waals surface area contributed by atoms with Gasteiger partial charge in [0.05, 0.1) is 0 Å². The molecule has 20 heavy (non-hydrogen) atoms. The van der Waals surface area contributed by atoms with Gasteiger partial charge in [-0.2, -0.15) is 0 Å². The van der Waals surface area contributed by atoms with Gasteiger partial charge in [0.15, 0.2) is 0 Å². The molecule has 0 spiro atoms. The Kier molecular flexibility index (Phi) is 11.0. The minimum atomic E-state index is 1.10. The zero-order valence-corrected chi connectivity index (χ0v) is 14.6. The third kappa shape index (κ3) is 9.55. The molecule has 0 saturated carbocycles. The Bertz CT molecular complexity index is 321. The van der Waals surface area contributed by atoms with Crippen molar-refractivity contribution >= 4 is 15.9 Å².